The maximum atomic E-state index is 12.0. The third-order valence-corrected chi connectivity index (χ3v) is 36.2. The van der Waals surface area contributed by atoms with Gasteiger partial charge >= 0.3 is 342 Å². The number of para-hydroxylation sites is 1. The Morgan fingerprint density at radius 1 is 0.460 bits per heavy atom. The Labute approximate surface area is 863 Å². The summed E-state index contributed by atoms with van der Waals surface area (Å²) in [5.74, 6) is 5.90. The van der Waals surface area contributed by atoms with Gasteiger partial charge in [0.05, 0.1) is 4.47 Å². The molecule has 6 aliphatic carbocycles. The number of phenolic OH excluding ortho intramolecular Hbond substituents is 2. The summed E-state index contributed by atoms with van der Waals surface area (Å²) >= 11 is 18.0. The van der Waals surface area contributed by atoms with Crippen LogP contribution in [0.2, 0.25) is 10.0 Å². The summed E-state index contributed by atoms with van der Waals surface area (Å²) in [7, 11) is 0. The monoisotopic (exact) mass is 2410 g/mol. The number of fused-ring (bicyclic) bond motifs is 2. The van der Waals surface area contributed by atoms with Gasteiger partial charge in [-0.1, -0.05) is 171 Å². The first-order valence-corrected chi connectivity index (χ1v) is 57.0. The first-order chi connectivity index (χ1) is 63.2. The molecule has 0 aliphatic heterocycles. The smallest absolute Gasteiger partial charge is 0.0860 e. The van der Waals surface area contributed by atoms with E-state index in [-0.39, 0.29) is 48.2 Å². The van der Waals surface area contributed by atoms with E-state index in [1.54, 1.807) is 12.4 Å². The minimum Gasteiger partial charge on any atom is -0.670 e. The van der Waals surface area contributed by atoms with E-state index in [4.69, 9.17) is 40.4 Å². The molecule has 4 fully saturated rings. The number of nitrogens with zero attached hydrogens (tertiary/aromatic N) is 5. The van der Waals surface area contributed by atoms with Gasteiger partial charge in [-0.3, -0.25) is 0 Å². The molecule has 2 aromatic heterocycles. The molecule has 756 valence electrons. The van der Waals surface area contributed by atoms with Gasteiger partial charge in [0, 0.05) is 21.2 Å². The average molecular weight is 2410 g/mol. The second-order valence-corrected chi connectivity index (χ2v) is 50.6. The molecular formula is C112H148Br2Cl2F9Mo2N5O4W-2. The number of benzene rings is 7. The fourth-order valence-electron chi connectivity index (χ4n) is 17.2. The van der Waals surface area contributed by atoms with Crippen LogP contribution in [0.4, 0.5) is 50.9 Å². The van der Waals surface area contributed by atoms with Gasteiger partial charge in [0.25, 0.3) is 5.60 Å². The van der Waals surface area contributed by atoms with Crippen LogP contribution in [0.25, 0.3) is 33.4 Å². The van der Waals surface area contributed by atoms with Crippen LogP contribution in [0.1, 0.15) is 330 Å². The minimum absolute atomic E-state index is 0.214. The van der Waals surface area contributed by atoms with E-state index in [1.807, 2.05) is 56.3 Å². The van der Waals surface area contributed by atoms with Crippen molar-refractivity contribution in [3.8, 4) is 44.9 Å². The summed E-state index contributed by atoms with van der Waals surface area (Å²) in [5, 5.41) is 40.4. The first kappa shape index (κ1) is 120. The number of aromatic hydroxyl groups is 2. The molecule has 9 nitrogen and oxygen atoms in total. The quantitative estimate of drug-likeness (QED) is 0.0749. The van der Waals surface area contributed by atoms with Crippen molar-refractivity contribution in [2.45, 2.75) is 349 Å². The molecule has 0 unspecified atom stereocenters. The zero-order valence-corrected chi connectivity index (χ0v) is 97.2. The van der Waals surface area contributed by atoms with Crippen LogP contribution >= 0.6 is 55.1 Å². The number of hydrogen-bond acceptors (Lipinski definition) is 7. The largest absolute Gasteiger partial charge is 0.670 e. The molecule has 0 spiro atoms. The van der Waals surface area contributed by atoms with Crippen molar-refractivity contribution in [2.75, 3.05) is 0 Å². The normalized spacial score (nSPS) is 16.7. The number of phenols is 2. The Bertz CT molecular complexity index is 5340. The summed E-state index contributed by atoms with van der Waals surface area (Å²) in [6, 6.07) is 39.8. The van der Waals surface area contributed by atoms with E-state index in [9.17, 15) is 49.7 Å². The molecule has 2 heterocycles. The van der Waals surface area contributed by atoms with Crippen molar-refractivity contribution in [3.05, 3.63) is 230 Å². The fraction of sp³-hybridized carbons (Fsp3) is 0.527. The van der Waals surface area contributed by atoms with Crippen LogP contribution in [0.3, 0.4) is 0 Å². The van der Waals surface area contributed by atoms with Crippen LogP contribution < -0.4 is 9.97 Å². The molecule has 0 atom stereocenters. The predicted octanol–water partition coefficient (Wildman–Crippen LogP) is 35.2. The Kier molecular flexibility index (Phi) is 45.6. The van der Waals surface area contributed by atoms with Gasteiger partial charge in [-0.15, -0.1) is 0 Å². The topological polar surface area (TPSA) is 146 Å². The van der Waals surface area contributed by atoms with Gasteiger partial charge in [-0.05, 0) is 216 Å². The van der Waals surface area contributed by atoms with Gasteiger partial charge < -0.3 is 30.4 Å². The molecule has 4 saturated carbocycles. The van der Waals surface area contributed by atoms with Gasteiger partial charge in [-0.25, -0.2) is 0 Å². The van der Waals surface area contributed by atoms with Crippen molar-refractivity contribution in [3.63, 3.8) is 0 Å². The van der Waals surface area contributed by atoms with E-state index < -0.39 is 47.7 Å². The molecule has 6 aliphatic rings. The molecular weight excluding hydrogens is 2260 g/mol. The second-order valence-electron chi connectivity index (χ2n) is 42.7. The predicted molar refractivity (Wildman–Crippen MR) is 552 cm³/mol. The maximum Gasteiger partial charge on any atom is -0.0860 e. The maximum absolute atomic E-state index is 12.0. The first-order valence-electron chi connectivity index (χ1n) is 47.6. The molecule has 4 N–H and O–H groups in total. The number of aromatic nitrogens is 2. The van der Waals surface area contributed by atoms with Crippen LogP contribution in [0.15, 0.2) is 147 Å². The molecule has 137 heavy (non-hydrogen) atoms. The second kappa shape index (κ2) is 51.9. The van der Waals surface area contributed by atoms with Gasteiger partial charge in [0.1, 0.15) is 11.5 Å². The van der Waals surface area contributed by atoms with Gasteiger partial charge in [-0.2, -0.15) is 63.3 Å². The van der Waals surface area contributed by atoms with Crippen molar-refractivity contribution in [1.29, 1.82) is 0 Å². The minimum atomic E-state index is -5.69. The molecule has 0 radical (unpaired) electrons. The Hall–Kier alpha value is -5.40. The standard InChI is InChI=1S/C34H46O.C21H22Br2O.C10H15N.C8H9N.C6H3Cl2N.C6H8N.3C5H10.C4H4F6O.C4H7F3O.C4H4N.2Mo.W/c1-19(2)25-17-30(22(7)8)33(31(18-25)23(9)10)27-14-12-13-26(34(27)35)32-28(20(3)4)15-24(11)16-29(32)21(5)6;1-12-17(22)10-13-6-2-4-8-15(13)19(12)20-16-9-5-3-7-14(16)11-18(23)21(20)24;11-10-4-7-1-8(5-10)3-9(2-7)6-10;1-6-4-3-5-7(2)8(6)9;7-4-2-1-3-5(8)6(4)9;1-5-3-4-6(2)7-5;3*1-5(2,3)4;1-2(11,3(5,6)7)4(8,9)10;1-3(2,8)4(5,6)7;1-2-4-5-3-1;;;/h12-23,35H,1-11H3;10-11,24H,2-9H2,1H3;7-9H,1-6H2;3-5H,1-2H3;1-3H;3-4H,1-2H3;3*1H,2-4H3;11H,1H3;8H,1-2H3;1-4H;;;/q;;;;;-1;;;;;;-1;;;. The molecule has 0 amide bonds. The number of aliphatic hydroxyl groups is 2. The molecule has 7 aromatic carbocycles. The third kappa shape index (κ3) is 36.1. The summed E-state index contributed by atoms with van der Waals surface area (Å²) < 4.78 is 126. The summed E-state index contributed by atoms with van der Waals surface area (Å²) in [6.07, 6.45) is 6.03. The van der Waals surface area contributed by atoms with Crippen molar-refractivity contribution in [2.24, 2.45) is 44.5 Å². The fourth-order valence-corrected chi connectivity index (χ4v) is 25.3. The van der Waals surface area contributed by atoms with Crippen molar-refractivity contribution >= 4 is 79.6 Å². The number of halogens is 13. The van der Waals surface area contributed by atoms with E-state index >= 15 is 0 Å². The molecule has 9 aromatic rings. The van der Waals surface area contributed by atoms with Gasteiger partial charge in [0.15, 0.2) is 5.60 Å². The molecule has 15 rings (SSSR count). The van der Waals surface area contributed by atoms with E-state index in [2.05, 4.69) is 291 Å². The van der Waals surface area contributed by atoms with Crippen molar-refractivity contribution in [1.82, 2.24) is 9.97 Å². The zero-order valence-electron chi connectivity index (χ0n) is 85.5. The SMILES string of the molecule is CC(C)(C)[CH]=[Mo]=[N]C12CC3CC(CC(C3)C1)C2.CC(C)(C)[CH]=[W]=[N]c1c(Cl)cccc1Cl.CC(C)(O)C(F)(F)F.CC(O)(C(F)(F)F)C(F)(F)F.Cc1c(Br)cc2c(c1-c1c(O)c(Br)cc3c1CCCC3)CCCC2.Cc1cc(C(C)C)c(-c2cccc(-c3c(C(C)C)cc(C(C)C)cc3C(C)C)c2O)c(C(C)C)c1.Cc1ccc(C)[n-]1.Cc1cccc(C)c1[N]=[Mo]=[CH]C(C)(C)C.c1cc[n-]c1. The van der Waals surface area contributed by atoms with Crippen LogP contribution in [0, 0.1) is 75.5 Å². The van der Waals surface area contributed by atoms with E-state index in [0.29, 0.717) is 81.4 Å². The van der Waals surface area contributed by atoms with E-state index in [0.717, 1.165) is 81.7 Å². The Balaban J connectivity index is 0.000000250. The zero-order chi connectivity index (χ0) is 103. The van der Waals surface area contributed by atoms with Crippen LogP contribution in [0.5, 0.6) is 11.5 Å². The Morgan fingerprint density at radius 2 is 0.847 bits per heavy atom. The summed E-state index contributed by atoms with van der Waals surface area (Å²) in [6.45, 7) is 56.4. The summed E-state index contributed by atoms with van der Waals surface area (Å²) in [5.41, 5.74) is 22.6. The number of alkyl halides is 9. The third-order valence-electron chi connectivity index (χ3n) is 24.3. The van der Waals surface area contributed by atoms with Crippen molar-refractivity contribution < 1.29 is 114 Å². The van der Waals surface area contributed by atoms with Crippen LogP contribution in [-0.4, -0.2) is 68.9 Å². The molecule has 4 bridgehead atoms. The number of aryl methyl sites for hydroxylation is 7. The summed E-state index contributed by atoms with van der Waals surface area (Å²) in [4.78, 5) is 7.83. The number of hydrogen-bond donors (Lipinski definition) is 4. The van der Waals surface area contributed by atoms with Gasteiger partial charge in [0.2, 0.25) is 0 Å². The molecule has 0 saturated heterocycles. The van der Waals surface area contributed by atoms with E-state index in [1.165, 1.54) is 163 Å². The average Bonchev–Trinajstić information content (AvgIpc) is 1.07. The van der Waals surface area contributed by atoms with Crippen LogP contribution in [-0.2, 0) is 79.4 Å². The number of rotatable bonds is 11. The molecule has 25 heteroatoms. The Morgan fingerprint density at radius 3 is 1.20 bits per heavy atom.